The van der Waals surface area contributed by atoms with Crippen molar-refractivity contribution in [1.82, 2.24) is 19.4 Å². The number of aryl methyl sites for hydroxylation is 1. The predicted molar refractivity (Wildman–Crippen MR) is 79.5 cm³/mol. The summed E-state index contributed by atoms with van der Waals surface area (Å²) in [5.74, 6) is -0.434. The number of ketones is 1. The molecular weight excluding hydrogens is 306 g/mol. The van der Waals surface area contributed by atoms with E-state index < -0.39 is 6.55 Å². The fourth-order valence-electron chi connectivity index (χ4n) is 2.61. The van der Waals surface area contributed by atoms with Crippen molar-refractivity contribution in [3.63, 3.8) is 0 Å². The topological polar surface area (TPSA) is 71.0 Å². The summed E-state index contributed by atoms with van der Waals surface area (Å²) in [5, 5.41) is 0. The second kappa shape index (κ2) is 6.31. The number of nitrogens with one attached hydrogen (secondary N) is 1. The fourth-order valence-corrected chi connectivity index (χ4v) is 2.61. The Hall–Kier alpha value is -2.51. The minimum atomic E-state index is -2.71. The zero-order valence-electron chi connectivity index (χ0n) is 13.4. The molecule has 6 nitrogen and oxygen atoms in total. The third kappa shape index (κ3) is 3.15. The van der Waals surface area contributed by atoms with Crippen LogP contribution in [0.2, 0.25) is 0 Å². The number of carbonyl (C=O) groups is 2. The summed E-state index contributed by atoms with van der Waals surface area (Å²) in [7, 11) is 1.50. The van der Waals surface area contributed by atoms with Crippen molar-refractivity contribution in [2.45, 2.75) is 33.9 Å². The van der Waals surface area contributed by atoms with E-state index in [2.05, 4.69) is 9.97 Å². The Morgan fingerprint density at radius 3 is 2.57 bits per heavy atom. The SMILES string of the molecule is CC(=O)c1c(C)[nH]c(C(=O)N(C)Cc2nccn2C(F)F)c1C. The van der Waals surface area contributed by atoms with E-state index in [-0.39, 0.29) is 29.8 Å². The van der Waals surface area contributed by atoms with Gasteiger partial charge in [0.05, 0.1) is 6.54 Å². The molecule has 2 aromatic rings. The Kier molecular flexibility index (Phi) is 4.63. The molecule has 0 spiro atoms. The lowest BCUT2D eigenvalue weighted by Gasteiger charge is -2.17. The molecule has 0 atom stereocenters. The van der Waals surface area contributed by atoms with Crippen LogP contribution in [0.4, 0.5) is 8.78 Å². The summed E-state index contributed by atoms with van der Waals surface area (Å²) >= 11 is 0. The molecule has 0 unspecified atom stereocenters. The number of Topliss-reactive ketones (excluding diaryl/α,β-unsaturated/α-hetero) is 1. The molecule has 0 bridgehead atoms. The van der Waals surface area contributed by atoms with Crippen LogP contribution in [0.25, 0.3) is 0 Å². The van der Waals surface area contributed by atoms with Gasteiger partial charge in [0.1, 0.15) is 11.5 Å². The first kappa shape index (κ1) is 16.9. The van der Waals surface area contributed by atoms with E-state index >= 15 is 0 Å². The van der Waals surface area contributed by atoms with Gasteiger partial charge in [-0.25, -0.2) is 4.98 Å². The Morgan fingerprint density at radius 1 is 1.39 bits per heavy atom. The maximum Gasteiger partial charge on any atom is 0.319 e. The first-order valence-electron chi connectivity index (χ1n) is 6.99. The molecule has 0 aliphatic carbocycles. The van der Waals surface area contributed by atoms with Crippen molar-refractivity contribution >= 4 is 11.7 Å². The quantitative estimate of drug-likeness (QED) is 0.860. The van der Waals surface area contributed by atoms with Gasteiger partial charge in [-0.1, -0.05) is 0 Å². The molecule has 23 heavy (non-hydrogen) atoms. The highest BCUT2D eigenvalue weighted by Crippen LogP contribution is 2.20. The zero-order chi connectivity index (χ0) is 17.3. The van der Waals surface area contributed by atoms with Gasteiger partial charge in [0.25, 0.3) is 5.91 Å². The Labute approximate surface area is 132 Å². The minimum Gasteiger partial charge on any atom is -0.354 e. The smallest absolute Gasteiger partial charge is 0.319 e. The number of H-pyrrole nitrogens is 1. The summed E-state index contributed by atoms with van der Waals surface area (Å²) in [5.41, 5.74) is 1.94. The van der Waals surface area contributed by atoms with Gasteiger partial charge >= 0.3 is 6.55 Å². The number of nitrogens with zero attached hydrogens (tertiary/aromatic N) is 3. The standard InChI is InChI=1S/C15H18F2N4O2/c1-8-12(10(3)22)9(2)19-13(8)14(23)20(4)7-11-18-5-6-21(11)15(16)17/h5-6,15,19H,7H2,1-4H3. The molecule has 1 N–H and O–H groups in total. The maximum absolute atomic E-state index is 12.8. The second-order valence-electron chi connectivity index (χ2n) is 5.37. The van der Waals surface area contributed by atoms with Gasteiger partial charge in [0.15, 0.2) is 5.78 Å². The number of rotatable bonds is 5. The molecule has 8 heteroatoms. The Bertz CT molecular complexity index is 749. The third-order valence-corrected chi connectivity index (χ3v) is 3.69. The second-order valence-corrected chi connectivity index (χ2v) is 5.37. The van der Waals surface area contributed by atoms with Crippen molar-refractivity contribution in [2.75, 3.05) is 7.05 Å². The summed E-state index contributed by atoms with van der Waals surface area (Å²) in [6, 6.07) is 0. The van der Waals surface area contributed by atoms with Crippen LogP contribution in [0.5, 0.6) is 0 Å². The number of halogens is 2. The van der Waals surface area contributed by atoms with Gasteiger partial charge in [-0.15, -0.1) is 0 Å². The van der Waals surface area contributed by atoms with E-state index in [1.807, 2.05) is 0 Å². The molecule has 0 aliphatic rings. The normalized spacial score (nSPS) is 11.1. The summed E-state index contributed by atoms with van der Waals surface area (Å²) in [6.07, 6.45) is 2.42. The third-order valence-electron chi connectivity index (χ3n) is 3.69. The molecule has 124 valence electrons. The highest BCUT2D eigenvalue weighted by Gasteiger charge is 2.23. The van der Waals surface area contributed by atoms with Crippen LogP contribution in [0.15, 0.2) is 12.4 Å². The number of imidazole rings is 1. The fraction of sp³-hybridized carbons (Fsp3) is 0.400. The van der Waals surface area contributed by atoms with E-state index in [0.29, 0.717) is 21.4 Å². The molecule has 1 amide bonds. The number of alkyl halides is 2. The number of carbonyl (C=O) groups excluding carboxylic acids is 2. The van der Waals surface area contributed by atoms with Crippen molar-refractivity contribution in [3.8, 4) is 0 Å². The lowest BCUT2D eigenvalue weighted by molar-refractivity contribution is 0.0611. The average Bonchev–Trinajstić information content (AvgIpc) is 3.02. The first-order chi connectivity index (χ1) is 10.7. The molecule has 0 saturated carbocycles. The number of aromatic nitrogens is 3. The van der Waals surface area contributed by atoms with Crippen LogP contribution in [-0.4, -0.2) is 38.2 Å². The maximum atomic E-state index is 12.8. The molecule has 2 aromatic heterocycles. The molecule has 2 rings (SSSR count). The van der Waals surface area contributed by atoms with Crippen LogP contribution in [0.1, 0.15) is 51.4 Å². The highest BCUT2D eigenvalue weighted by molar-refractivity contribution is 6.02. The predicted octanol–water partition coefficient (Wildman–Crippen LogP) is 2.70. The minimum absolute atomic E-state index is 0.0664. The molecule has 0 aromatic carbocycles. The molecule has 0 saturated heterocycles. The first-order valence-corrected chi connectivity index (χ1v) is 6.99. The monoisotopic (exact) mass is 324 g/mol. The molecule has 0 aliphatic heterocycles. The zero-order valence-corrected chi connectivity index (χ0v) is 13.4. The van der Waals surface area contributed by atoms with Crippen molar-refractivity contribution in [3.05, 3.63) is 40.7 Å². The van der Waals surface area contributed by atoms with Gasteiger partial charge in [0.2, 0.25) is 0 Å². The molecule has 2 heterocycles. The van der Waals surface area contributed by atoms with E-state index in [1.165, 1.54) is 25.1 Å². The van der Waals surface area contributed by atoms with Gasteiger partial charge in [-0.3, -0.25) is 14.2 Å². The lowest BCUT2D eigenvalue weighted by Crippen LogP contribution is -2.28. The van der Waals surface area contributed by atoms with Crippen LogP contribution in [0.3, 0.4) is 0 Å². The van der Waals surface area contributed by atoms with E-state index in [1.54, 1.807) is 13.8 Å². The molecule has 0 radical (unpaired) electrons. The van der Waals surface area contributed by atoms with Crippen LogP contribution >= 0.6 is 0 Å². The number of aromatic amines is 1. The Balaban J connectivity index is 2.25. The van der Waals surface area contributed by atoms with Crippen molar-refractivity contribution in [1.29, 1.82) is 0 Å². The van der Waals surface area contributed by atoms with E-state index in [9.17, 15) is 18.4 Å². The summed E-state index contributed by atoms with van der Waals surface area (Å²) < 4.78 is 26.3. The van der Waals surface area contributed by atoms with Gasteiger partial charge < -0.3 is 9.88 Å². The van der Waals surface area contributed by atoms with Crippen molar-refractivity contribution in [2.24, 2.45) is 0 Å². The van der Waals surface area contributed by atoms with E-state index in [0.717, 1.165) is 6.20 Å². The van der Waals surface area contributed by atoms with Gasteiger partial charge in [-0.2, -0.15) is 8.78 Å². The molecule has 0 fully saturated rings. The largest absolute Gasteiger partial charge is 0.354 e. The average molecular weight is 324 g/mol. The summed E-state index contributed by atoms with van der Waals surface area (Å²) in [4.78, 5) is 32.2. The number of hydrogen-bond donors (Lipinski definition) is 1. The van der Waals surface area contributed by atoms with Gasteiger partial charge in [-0.05, 0) is 26.3 Å². The lowest BCUT2D eigenvalue weighted by atomic mass is 10.1. The van der Waals surface area contributed by atoms with E-state index in [4.69, 9.17) is 0 Å². The van der Waals surface area contributed by atoms with Crippen LogP contribution in [-0.2, 0) is 6.54 Å². The van der Waals surface area contributed by atoms with Gasteiger partial charge in [0, 0.05) is 30.7 Å². The Morgan fingerprint density at radius 2 is 2.04 bits per heavy atom. The highest BCUT2D eigenvalue weighted by atomic mass is 19.3. The van der Waals surface area contributed by atoms with Crippen molar-refractivity contribution < 1.29 is 18.4 Å². The van der Waals surface area contributed by atoms with Crippen LogP contribution < -0.4 is 0 Å². The molecular formula is C15H18F2N4O2. The number of hydrogen-bond acceptors (Lipinski definition) is 3. The number of amides is 1. The van der Waals surface area contributed by atoms with Crippen LogP contribution in [0, 0.1) is 13.8 Å². The summed E-state index contributed by atoms with van der Waals surface area (Å²) in [6.45, 7) is 2.05.